The van der Waals surface area contributed by atoms with E-state index in [0.717, 1.165) is 54.0 Å². The maximum atomic E-state index is 13.2. The Labute approximate surface area is 191 Å². The van der Waals surface area contributed by atoms with Crippen molar-refractivity contribution in [3.8, 4) is 0 Å². The van der Waals surface area contributed by atoms with Crippen LogP contribution in [0.4, 0.5) is 0 Å². The van der Waals surface area contributed by atoms with E-state index in [9.17, 15) is 9.59 Å². The summed E-state index contributed by atoms with van der Waals surface area (Å²) < 4.78 is 3.27. The third kappa shape index (κ3) is 5.34. The van der Waals surface area contributed by atoms with Crippen LogP contribution in [-0.2, 0) is 22.6 Å². The summed E-state index contributed by atoms with van der Waals surface area (Å²) in [6, 6.07) is 7.43. The largest absolute Gasteiger partial charge is 0.349 e. The lowest BCUT2D eigenvalue weighted by molar-refractivity contribution is -0.133. The van der Waals surface area contributed by atoms with Crippen LogP contribution in [0.1, 0.15) is 74.6 Å². The van der Waals surface area contributed by atoms with Crippen molar-refractivity contribution >= 4 is 27.7 Å². The normalized spacial score (nSPS) is 19.9. The molecule has 1 aromatic heterocycles. The number of benzene rings is 1. The lowest BCUT2D eigenvalue weighted by Crippen LogP contribution is -2.41. The van der Waals surface area contributed by atoms with Gasteiger partial charge in [-0.05, 0) is 43.4 Å². The predicted octanol–water partition coefficient (Wildman–Crippen LogP) is 3.74. The molecular weight excluding hydrogens is 458 g/mol. The van der Waals surface area contributed by atoms with Gasteiger partial charge in [-0.25, -0.2) is 0 Å². The molecule has 4 rings (SSSR count). The van der Waals surface area contributed by atoms with Crippen LogP contribution in [0, 0.1) is 0 Å². The third-order valence-electron chi connectivity index (χ3n) is 6.31. The number of piperidine rings is 1. The lowest BCUT2D eigenvalue weighted by Gasteiger charge is -2.33. The minimum Gasteiger partial charge on any atom is -0.349 e. The van der Waals surface area contributed by atoms with Crippen LogP contribution in [0.3, 0.4) is 0 Å². The van der Waals surface area contributed by atoms with Gasteiger partial charge in [-0.1, -0.05) is 34.5 Å². The number of halogens is 1. The number of nitrogens with one attached hydrogen (secondary N) is 1. The number of nitrogens with zero attached hydrogens (tertiary/aromatic N) is 4. The van der Waals surface area contributed by atoms with Gasteiger partial charge in [-0.15, -0.1) is 10.2 Å². The van der Waals surface area contributed by atoms with Crippen molar-refractivity contribution in [1.29, 1.82) is 0 Å². The Morgan fingerprint density at radius 1 is 1.13 bits per heavy atom. The number of rotatable bonds is 5. The van der Waals surface area contributed by atoms with Crippen molar-refractivity contribution < 1.29 is 9.59 Å². The van der Waals surface area contributed by atoms with Crippen LogP contribution in [0.25, 0.3) is 0 Å². The van der Waals surface area contributed by atoms with Gasteiger partial charge >= 0.3 is 0 Å². The van der Waals surface area contributed by atoms with Gasteiger partial charge in [0, 0.05) is 43.4 Å². The molecule has 0 radical (unpaired) electrons. The SMILES string of the molecule is CC(=O)NC(CC(=O)N1CCCC(c2nnc3n2CCCCC3)C1)c1ccc(Br)cc1. The summed E-state index contributed by atoms with van der Waals surface area (Å²) in [5.74, 6) is 2.30. The quantitative estimate of drug-likeness (QED) is 0.696. The molecule has 166 valence electrons. The van der Waals surface area contributed by atoms with Crippen molar-refractivity contribution in [1.82, 2.24) is 25.0 Å². The van der Waals surface area contributed by atoms with Crippen LogP contribution < -0.4 is 5.32 Å². The van der Waals surface area contributed by atoms with Gasteiger partial charge in [0.15, 0.2) is 0 Å². The molecule has 0 aliphatic carbocycles. The molecule has 2 unspecified atom stereocenters. The first-order chi connectivity index (χ1) is 15.0. The van der Waals surface area contributed by atoms with Gasteiger partial charge in [0.2, 0.25) is 11.8 Å². The number of hydrogen-bond acceptors (Lipinski definition) is 4. The second kappa shape index (κ2) is 9.94. The summed E-state index contributed by atoms with van der Waals surface area (Å²) in [6.07, 6.45) is 6.82. The summed E-state index contributed by atoms with van der Waals surface area (Å²) >= 11 is 3.44. The summed E-state index contributed by atoms with van der Waals surface area (Å²) in [7, 11) is 0. The number of aromatic nitrogens is 3. The Morgan fingerprint density at radius 2 is 1.94 bits per heavy atom. The average Bonchev–Trinajstić information content (AvgIpc) is 3.02. The monoisotopic (exact) mass is 487 g/mol. The highest BCUT2D eigenvalue weighted by atomic mass is 79.9. The van der Waals surface area contributed by atoms with Crippen LogP contribution in [-0.4, -0.2) is 44.6 Å². The van der Waals surface area contributed by atoms with Gasteiger partial charge in [0.25, 0.3) is 0 Å². The van der Waals surface area contributed by atoms with Crippen molar-refractivity contribution in [2.75, 3.05) is 13.1 Å². The van der Waals surface area contributed by atoms with Crippen LogP contribution >= 0.6 is 15.9 Å². The Bertz CT molecular complexity index is 927. The molecule has 2 aromatic rings. The predicted molar refractivity (Wildman–Crippen MR) is 121 cm³/mol. The molecule has 2 aliphatic rings. The molecule has 31 heavy (non-hydrogen) atoms. The molecular formula is C23H30BrN5O2. The third-order valence-corrected chi connectivity index (χ3v) is 6.83. The zero-order chi connectivity index (χ0) is 21.8. The minimum absolute atomic E-state index is 0.0713. The first kappa shape index (κ1) is 22.0. The van der Waals surface area contributed by atoms with E-state index in [1.165, 1.54) is 26.2 Å². The molecule has 2 amide bonds. The van der Waals surface area contributed by atoms with Crippen molar-refractivity contribution in [2.45, 2.75) is 70.4 Å². The fourth-order valence-electron chi connectivity index (χ4n) is 4.72. The summed E-state index contributed by atoms with van der Waals surface area (Å²) in [5, 5.41) is 11.9. The van der Waals surface area contributed by atoms with E-state index in [-0.39, 0.29) is 30.2 Å². The number of hydrogen-bond donors (Lipinski definition) is 1. The molecule has 1 saturated heterocycles. The molecule has 2 aliphatic heterocycles. The molecule has 0 spiro atoms. The lowest BCUT2D eigenvalue weighted by atomic mass is 9.95. The first-order valence-electron chi connectivity index (χ1n) is 11.2. The molecule has 2 atom stereocenters. The number of likely N-dealkylation sites (tertiary alicyclic amines) is 1. The van der Waals surface area contributed by atoms with E-state index >= 15 is 0 Å². The number of carbonyl (C=O) groups excluding carboxylic acids is 2. The summed E-state index contributed by atoms with van der Waals surface area (Å²) in [6.45, 7) is 3.90. The summed E-state index contributed by atoms with van der Waals surface area (Å²) in [5.41, 5.74) is 0.933. The van der Waals surface area contributed by atoms with Gasteiger partial charge in [-0.2, -0.15) is 0 Å². The molecule has 8 heteroatoms. The standard InChI is InChI=1S/C23H30BrN5O2/c1-16(30)25-20(17-8-10-19(24)11-9-17)14-22(31)28-12-5-6-18(15-28)23-27-26-21-7-3-2-4-13-29(21)23/h8-11,18,20H,2-7,12-15H2,1H3,(H,25,30). The Morgan fingerprint density at radius 3 is 2.71 bits per heavy atom. The fourth-order valence-corrected chi connectivity index (χ4v) is 4.98. The van der Waals surface area contributed by atoms with Crippen molar-refractivity contribution in [3.05, 3.63) is 46.0 Å². The van der Waals surface area contributed by atoms with Crippen LogP contribution in [0.15, 0.2) is 28.7 Å². The molecule has 7 nitrogen and oxygen atoms in total. The zero-order valence-electron chi connectivity index (χ0n) is 18.0. The fraction of sp³-hybridized carbons (Fsp3) is 0.565. The molecule has 1 fully saturated rings. The zero-order valence-corrected chi connectivity index (χ0v) is 19.6. The van der Waals surface area contributed by atoms with E-state index in [1.807, 2.05) is 29.2 Å². The van der Waals surface area contributed by atoms with Crippen LogP contribution in [0.2, 0.25) is 0 Å². The number of amides is 2. The van der Waals surface area contributed by atoms with Crippen molar-refractivity contribution in [2.24, 2.45) is 0 Å². The highest BCUT2D eigenvalue weighted by molar-refractivity contribution is 9.10. The molecule has 1 N–H and O–H groups in total. The molecule has 3 heterocycles. The number of fused-ring (bicyclic) bond motifs is 1. The van der Waals surface area contributed by atoms with Gasteiger partial charge in [0.1, 0.15) is 11.6 Å². The summed E-state index contributed by atoms with van der Waals surface area (Å²) in [4.78, 5) is 26.9. The van der Waals surface area contributed by atoms with Crippen LogP contribution in [0.5, 0.6) is 0 Å². The molecule has 0 bridgehead atoms. The number of aryl methyl sites for hydroxylation is 1. The van der Waals surface area contributed by atoms with Gasteiger partial charge in [0.05, 0.1) is 12.5 Å². The van der Waals surface area contributed by atoms with E-state index in [4.69, 9.17) is 0 Å². The van der Waals surface area contributed by atoms with Crippen molar-refractivity contribution in [3.63, 3.8) is 0 Å². The number of carbonyl (C=O) groups is 2. The Balaban J connectivity index is 1.46. The van der Waals surface area contributed by atoms with E-state index in [1.54, 1.807) is 0 Å². The van der Waals surface area contributed by atoms with E-state index in [2.05, 4.69) is 36.0 Å². The first-order valence-corrected chi connectivity index (χ1v) is 12.0. The minimum atomic E-state index is -0.331. The highest BCUT2D eigenvalue weighted by Gasteiger charge is 2.30. The Hall–Kier alpha value is -2.22. The Kier molecular flexibility index (Phi) is 7.05. The smallest absolute Gasteiger partial charge is 0.225 e. The average molecular weight is 488 g/mol. The van der Waals surface area contributed by atoms with E-state index < -0.39 is 0 Å². The maximum absolute atomic E-state index is 13.2. The second-order valence-electron chi connectivity index (χ2n) is 8.62. The van der Waals surface area contributed by atoms with Gasteiger partial charge in [-0.3, -0.25) is 9.59 Å². The van der Waals surface area contributed by atoms with E-state index in [0.29, 0.717) is 6.54 Å². The second-order valence-corrected chi connectivity index (χ2v) is 9.54. The molecule has 1 aromatic carbocycles. The van der Waals surface area contributed by atoms with Gasteiger partial charge < -0.3 is 14.8 Å². The molecule has 0 saturated carbocycles. The highest BCUT2D eigenvalue weighted by Crippen LogP contribution is 2.29. The maximum Gasteiger partial charge on any atom is 0.225 e. The topological polar surface area (TPSA) is 80.1 Å².